The summed E-state index contributed by atoms with van der Waals surface area (Å²) in [5, 5.41) is 9.52. The van der Waals surface area contributed by atoms with Gasteiger partial charge in [0, 0.05) is 12.6 Å². The van der Waals surface area contributed by atoms with Gasteiger partial charge in [-0.05, 0) is 50.8 Å². The van der Waals surface area contributed by atoms with Gasteiger partial charge in [0.1, 0.15) is 5.82 Å². The second-order valence-corrected chi connectivity index (χ2v) is 5.69. The number of aliphatic hydroxyl groups excluding tert-OH is 1. The molecule has 110 valence electrons. The second-order valence-electron chi connectivity index (χ2n) is 5.69. The van der Waals surface area contributed by atoms with Crippen molar-refractivity contribution in [1.82, 2.24) is 4.90 Å². The van der Waals surface area contributed by atoms with Crippen LogP contribution < -0.4 is 0 Å². The van der Waals surface area contributed by atoms with Crippen LogP contribution in [0.4, 0.5) is 4.39 Å². The number of nitrogens with zero attached hydrogens (tertiary/aromatic N) is 1. The van der Waals surface area contributed by atoms with E-state index in [4.69, 9.17) is 0 Å². The summed E-state index contributed by atoms with van der Waals surface area (Å²) in [5.74, 6) is -0.636. The van der Waals surface area contributed by atoms with Gasteiger partial charge in [0.05, 0.1) is 12.0 Å². The van der Waals surface area contributed by atoms with Crippen molar-refractivity contribution in [3.63, 3.8) is 0 Å². The van der Waals surface area contributed by atoms with Gasteiger partial charge in [-0.1, -0.05) is 12.1 Å². The molecule has 0 bridgehead atoms. The molecule has 3 unspecified atom stereocenters. The van der Waals surface area contributed by atoms with Crippen LogP contribution in [0.15, 0.2) is 24.3 Å². The summed E-state index contributed by atoms with van der Waals surface area (Å²) >= 11 is 0. The molecule has 4 heteroatoms. The Kier molecular flexibility index (Phi) is 4.76. The standard InChI is InChI=1S/C16H22FNO2/c1-11(19)9-15-7-4-8-18(15)16(20)12(2)13-5-3-6-14(17)10-13/h3,5-6,10-12,15,19H,4,7-9H2,1-2H3. The minimum Gasteiger partial charge on any atom is -0.393 e. The minimum atomic E-state index is -0.405. The Balaban J connectivity index is 2.10. The molecule has 1 N–H and O–H groups in total. The van der Waals surface area contributed by atoms with Crippen LogP contribution in [0.3, 0.4) is 0 Å². The number of carbonyl (C=O) groups excluding carboxylic acids is 1. The predicted molar refractivity (Wildman–Crippen MR) is 75.8 cm³/mol. The summed E-state index contributed by atoms with van der Waals surface area (Å²) in [4.78, 5) is 14.4. The van der Waals surface area contributed by atoms with Gasteiger partial charge in [-0.2, -0.15) is 0 Å². The highest BCUT2D eigenvalue weighted by molar-refractivity contribution is 5.83. The summed E-state index contributed by atoms with van der Waals surface area (Å²) in [7, 11) is 0. The Bertz CT molecular complexity index is 475. The summed E-state index contributed by atoms with van der Waals surface area (Å²) < 4.78 is 13.3. The van der Waals surface area contributed by atoms with E-state index in [-0.39, 0.29) is 23.7 Å². The first-order chi connectivity index (χ1) is 9.49. The largest absolute Gasteiger partial charge is 0.393 e. The van der Waals surface area contributed by atoms with E-state index in [1.54, 1.807) is 19.1 Å². The van der Waals surface area contributed by atoms with E-state index < -0.39 is 6.10 Å². The molecule has 1 saturated heterocycles. The fraction of sp³-hybridized carbons (Fsp3) is 0.562. The van der Waals surface area contributed by atoms with E-state index in [0.29, 0.717) is 12.0 Å². The number of amides is 1. The number of hydrogen-bond donors (Lipinski definition) is 1. The highest BCUT2D eigenvalue weighted by Gasteiger charge is 2.32. The molecule has 0 saturated carbocycles. The predicted octanol–water partition coefficient (Wildman–Crippen LogP) is 2.69. The third-order valence-electron chi connectivity index (χ3n) is 3.99. The highest BCUT2D eigenvalue weighted by atomic mass is 19.1. The van der Waals surface area contributed by atoms with Crippen LogP contribution in [0.5, 0.6) is 0 Å². The van der Waals surface area contributed by atoms with Crippen LogP contribution >= 0.6 is 0 Å². The first-order valence-corrected chi connectivity index (χ1v) is 7.23. The monoisotopic (exact) mass is 279 g/mol. The van der Waals surface area contributed by atoms with Gasteiger partial charge >= 0.3 is 0 Å². The van der Waals surface area contributed by atoms with E-state index in [2.05, 4.69) is 0 Å². The summed E-state index contributed by atoms with van der Waals surface area (Å²) in [5.41, 5.74) is 0.706. The quantitative estimate of drug-likeness (QED) is 0.920. The Morgan fingerprint density at radius 2 is 2.25 bits per heavy atom. The molecule has 1 heterocycles. The number of rotatable bonds is 4. The molecule has 0 aromatic heterocycles. The van der Waals surface area contributed by atoms with Crippen molar-refractivity contribution < 1.29 is 14.3 Å². The summed E-state index contributed by atoms with van der Waals surface area (Å²) in [6.45, 7) is 4.29. The van der Waals surface area contributed by atoms with Crippen molar-refractivity contribution in [2.24, 2.45) is 0 Å². The van der Waals surface area contributed by atoms with E-state index in [1.165, 1.54) is 12.1 Å². The van der Waals surface area contributed by atoms with Crippen LogP contribution in [0.2, 0.25) is 0 Å². The normalized spacial score (nSPS) is 21.8. The van der Waals surface area contributed by atoms with Crippen molar-refractivity contribution in [1.29, 1.82) is 0 Å². The zero-order chi connectivity index (χ0) is 14.7. The first kappa shape index (κ1) is 15.0. The van der Waals surface area contributed by atoms with Crippen molar-refractivity contribution in [2.75, 3.05) is 6.54 Å². The van der Waals surface area contributed by atoms with Crippen LogP contribution in [0, 0.1) is 5.82 Å². The van der Waals surface area contributed by atoms with Crippen LogP contribution in [0.1, 0.15) is 44.6 Å². The maximum atomic E-state index is 13.3. The number of hydrogen-bond acceptors (Lipinski definition) is 2. The van der Waals surface area contributed by atoms with E-state index >= 15 is 0 Å². The molecule has 1 aromatic carbocycles. The van der Waals surface area contributed by atoms with E-state index in [1.807, 2.05) is 11.8 Å². The topological polar surface area (TPSA) is 40.5 Å². The molecular weight excluding hydrogens is 257 g/mol. The number of halogens is 1. The molecule has 3 nitrogen and oxygen atoms in total. The number of likely N-dealkylation sites (tertiary alicyclic amines) is 1. The Labute approximate surface area is 119 Å². The fourth-order valence-corrected chi connectivity index (χ4v) is 2.93. The molecule has 0 aliphatic carbocycles. The van der Waals surface area contributed by atoms with Gasteiger partial charge in [-0.25, -0.2) is 4.39 Å². The molecule has 20 heavy (non-hydrogen) atoms. The van der Waals surface area contributed by atoms with Gasteiger partial charge in [0.15, 0.2) is 0 Å². The molecule has 1 amide bonds. The first-order valence-electron chi connectivity index (χ1n) is 7.23. The van der Waals surface area contributed by atoms with Gasteiger partial charge < -0.3 is 10.0 Å². The highest BCUT2D eigenvalue weighted by Crippen LogP contribution is 2.27. The molecule has 0 radical (unpaired) electrons. The zero-order valence-corrected chi connectivity index (χ0v) is 12.1. The Morgan fingerprint density at radius 1 is 1.50 bits per heavy atom. The molecule has 0 spiro atoms. The molecule has 1 aromatic rings. The lowest BCUT2D eigenvalue weighted by atomic mass is 9.98. The van der Waals surface area contributed by atoms with Crippen molar-refractivity contribution in [3.8, 4) is 0 Å². The van der Waals surface area contributed by atoms with E-state index in [0.717, 1.165) is 19.4 Å². The van der Waals surface area contributed by atoms with Gasteiger partial charge in [0.2, 0.25) is 5.91 Å². The van der Waals surface area contributed by atoms with Crippen molar-refractivity contribution in [2.45, 2.75) is 51.2 Å². The lowest BCUT2D eigenvalue weighted by molar-refractivity contribution is -0.133. The molecular formula is C16H22FNO2. The Morgan fingerprint density at radius 3 is 2.90 bits per heavy atom. The summed E-state index contributed by atoms with van der Waals surface area (Å²) in [6.07, 6.45) is 2.12. The van der Waals surface area contributed by atoms with Crippen LogP contribution in [-0.4, -0.2) is 34.6 Å². The minimum absolute atomic E-state index is 0.0266. The maximum absolute atomic E-state index is 13.3. The molecule has 1 aliphatic heterocycles. The zero-order valence-electron chi connectivity index (χ0n) is 12.1. The third-order valence-corrected chi connectivity index (χ3v) is 3.99. The molecule has 1 fully saturated rings. The third kappa shape index (κ3) is 3.37. The number of benzene rings is 1. The molecule has 2 rings (SSSR count). The molecule has 1 aliphatic rings. The maximum Gasteiger partial charge on any atom is 0.230 e. The average molecular weight is 279 g/mol. The number of aliphatic hydroxyl groups is 1. The van der Waals surface area contributed by atoms with Gasteiger partial charge in [-0.15, -0.1) is 0 Å². The molecule has 3 atom stereocenters. The van der Waals surface area contributed by atoms with Crippen LogP contribution in [-0.2, 0) is 4.79 Å². The lowest BCUT2D eigenvalue weighted by Gasteiger charge is -2.28. The SMILES string of the molecule is CC(O)CC1CCCN1C(=O)C(C)c1cccc(F)c1. The fourth-order valence-electron chi connectivity index (χ4n) is 2.93. The second kappa shape index (κ2) is 6.35. The van der Waals surface area contributed by atoms with Gasteiger partial charge in [-0.3, -0.25) is 4.79 Å². The van der Waals surface area contributed by atoms with Crippen molar-refractivity contribution in [3.05, 3.63) is 35.6 Å². The van der Waals surface area contributed by atoms with Gasteiger partial charge in [0.25, 0.3) is 0 Å². The number of carbonyl (C=O) groups is 1. The Hall–Kier alpha value is -1.42. The van der Waals surface area contributed by atoms with Crippen molar-refractivity contribution >= 4 is 5.91 Å². The van der Waals surface area contributed by atoms with E-state index in [9.17, 15) is 14.3 Å². The van der Waals surface area contributed by atoms with Crippen LogP contribution in [0.25, 0.3) is 0 Å². The lowest BCUT2D eigenvalue weighted by Crippen LogP contribution is -2.39. The average Bonchev–Trinajstić information content (AvgIpc) is 2.84. The smallest absolute Gasteiger partial charge is 0.230 e. The summed E-state index contributed by atoms with van der Waals surface area (Å²) in [6, 6.07) is 6.32.